The summed E-state index contributed by atoms with van der Waals surface area (Å²) in [5.41, 5.74) is 1.38. The Morgan fingerprint density at radius 1 is 1.33 bits per heavy atom. The molecule has 0 aliphatic carbocycles. The first-order valence-corrected chi connectivity index (χ1v) is 4.45. The number of aromatic carboxylic acids is 1. The van der Waals surface area contributed by atoms with Gasteiger partial charge in [-0.1, -0.05) is 0 Å². The van der Waals surface area contributed by atoms with Crippen molar-refractivity contribution in [1.29, 1.82) is 0 Å². The second kappa shape index (κ2) is 3.24. The van der Waals surface area contributed by atoms with Gasteiger partial charge in [-0.05, 0) is 25.1 Å². The molecule has 1 aromatic heterocycles. The van der Waals surface area contributed by atoms with Crippen molar-refractivity contribution in [3.63, 3.8) is 0 Å². The van der Waals surface area contributed by atoms with Gasteiger partial charge in [-0.15, -0.1) is 0 Å². The zero-order valence-electron chi connectivity index (χ0n) is 8.07. The molecule has 1 aromatic carbocycles. The lowest BCUT2D eigenvalue weighted by molar-refractivity contribution is 0.0697. The maximum absolute atomic E-state index is 11.6. The highest BCUT2D eigenvalue weighted by molar-refractivity contribution is 5.93. The van der Waals surface area contributed by atoms with Gasteiger partial charge >= 0.3 is 5.97 Å². The van der Waals surface area contributed by atoms with Crippen LogP contribution in [-0.2, 0) is 0 Å². The third-order valence-corrected chi connectivity index (χ3v) is 2.21. The highest BCUT2D eigenvalue weighted by Gasteiger charge is 2.05. The SMILES string of the molecule is Cc1cc(=O)c2cc(C(=O)O)ccc2[nH]1. The van der Waals surface area contributed by atoms with E-state index in [4.69, 9.17) is 5.11 Å². The molecule has 0 radical (unpaired) electrons. The number of H-pyrrole nitrogens is 1. The van der Waals surface area contributed by atoms with Crippen LogP contribution in [0.15, 0.2) is 29.1 Å². The molecule has 0 spiro atoms. The molecule has 2 N–H and O–H groups in total. The second-order valence-electron chi connectivity index (χ2n) is 3.38. The first kappa shape index (κ1) is 9.45. The summed E-state index contributed by atoms with van der Waals surface area (Å²) < 4.78 is 0. The Bertz CT molecular complexity index is 598. The van der Waals surface area contributed by atoms with E-state index < -0.39 is 5.97 Å². The van der Waals surface area contributed by atoms with E-state index in [0.717, 1.165) is 5.69 Å². The number of pyridine rings is 1. The molecular weight excluding hydrogens is 194 g/mol. The number of aromatic amines is 1. The van der Waals surface area contributed by atoms with E-state index in [0.29, 0.717) is 10.9 Å². The van der Waals surface area contributed by atoms with Gasteiger partial charge in [0.1, 0.15) is 0 Å². The fraction of sp³-hybridized carbons (Fsp3) is 0.0909. The van der Waals surface area contributed by atoms with Gasteiger partial charge in [-0.25, -0.2) is 4.79 Å². The van der Waals surface area contributed by atoms with Crippen LogP contribution < -0.4 is 5.43 Å². The molecule has 0 aliphatic heterocycles. The third kappa shape index (κ3) is 1.61. The van der Waals surface area contributed by atoms with E-state index in [-0.39, 0.29) is 11.0 Å². The van der Waals surface area contributed by atoms with E-state index in [1.54, 1.807) is 13.0 Å². The van der Waals surface area contributed by atoms with Crippen molar-refractivity contribution in [2.45, 2.75) is 6.92 Å². The van der Waals surface area contributed by atoms with Crippen molar-refractivity contribution in [1.82, 2.24) is 4.98 Å². The van der Waals surface area contributed by atoms with Crippen molar-refractivity contribution in [3.8, 4) is 0 Å². The molecule has 4 nitrogen and oxygen atoms in total. The number of aromatic nitrogens is 1. The van der Waals surface area contributed by atoms with Crippen molar-refractivity contribution >= 4 is 16.9 Å². The van der Waals surface area contributed by atoms with E-state index in [1.807, 2.05) is 0 Å². The number of hydrogen-bond acceptors (Lipinski definition) is 2. The number of fused-ring (bicyclic) bond motifs is 1. The van der Waals surface area contributed by atoms with Gasteiger partial charge in [0.15, 0.2) is 5.43 Å². The monoisotopic (exact) mass is 203 g/mol. The van der Waals surface area contributed by atoms with Gasteiger partial charge in [0, 0.05) is 22.7 Å². The molecule has 2 rings (SSSR count). The maximum atomic E-state index is 11.6. The summed E-state index contributed by atoms with van der Waals surface area (Å²) in [5.74, 6) is -1.03. The van der Waals surface area contributed by atoms with Gasteiger partial charge in [-0.3, -0.25) is 4.79 Å². The number of carboxylic acids is 1. The smallest absolute Gasteiger partial charge is 0.335 e. The van der Waals surface area contributed by atoms with Crippen LogP contribution in [0.3, 0.4) is 0 Å². The number of hydrogen-bond donors (Lipinski definition) is 2. The molecule has 0 bridgehead atoms. The average Bonchev–Trinajstić information content (AvgIpc) is 2.16. The summed E-state index contributed by atoms with van der Waals surface area (Å²) in [6.45, 7) is 1.78. The summed E-state index contributed by atoms with van der Waals surface area (Å²) in [4.78, 5) is 25.3. The fourth-order valence-corrected chi connectivity index (χ4v) is 1.51. The molecule has 0 atom stereocenters. The van der Waals surface area contributed by atoms with E-state index in [2.05, 4.69) is 4.98 Å². The molecule has 4 heteroatoms. The fourth-order valence-electron chi connectivity index (χ4n) is 1.51. The number of aryl methyl sites for hydroxylation is 1. The van der Waals surface area contributed by atoms with Crippen molar-refractivity contribution in [3.05, 3.63) is 45.7 Å². The number of carbonyl (C=O) groups is 1. The van der Waals surface area contributed by atoms with Crippen molar-refractivity contribution in [2.24, 2.45) is 0 Å². The van der Waals surface area contributed by atoms with Crippen molar-refractivity contribution in [2.75, 3.05) is 0 Å². The van der Waals surface area contributed by atoms with Gasteiger partial charge < -0.3 is 10.1 Å². The van der Waals surface area contributed by atoms with Gasteiger partial charge in [0.25, 0.3) is 0 Å². The Labute approximate surface area is 85.2 Å². The first-order chi connectivity index (χ1) is 7.08. The molecule has 76 valence electrons. The minimum atomic E-state index is -1.03. The lowest BCUT2D eigenvalue weighted by Crippen LogP contribution is -2.05. The van der Waals surface area contributed by atoms with Gasteiger partial charge in [0.2, 0.25) is 0 Å². The maximum Gasteiger partial charge on any atom is 0.335 e. The standard InChI is InChI=1S/C11H9NO3/c1-6-4-10(13)8-5-7(11(14)15)2-3-9(8)12-6/h2-5H,1H3,(H,12,13)(H,14,15). The summed E-state index contributed by atoms with van der Waals surface area (Å²) in [7, 11) is 0. The lowest BCUT2D eigenvalue weighted by Gasteiger charge is -2.00. The minimum Gasteiger partial charge on any atom is -0.478 e. The van der Waals surface area contributed by atoms with Crippen LogP contribution in [-0.4, -0.2) is 16.1 Å². The Hall–Kier alpha value is -2.10. The Morgan fingerprint density at radius 3 is 2.73 bits per heavy atom. The average molecular weight is 203 g/mol. The molecule has 0 saturated carbocycles. The molecule has 0 aliphatic rings. The van der Waals surface area contributed by atoms with Crippen LogP contribution in [0.5, 0.6) is 0 Å². The number of rotatable bonds is 1. The molecule has 0 fully saturated rings. The van der Waals surface area contributed by atoms with Crippen molar-refractivity contribution < 1.29 is 9.90 Å². The van der Waals surface area contributed by atoms with E-state index >= 15 is 0 Å². The van der Waals surface area contributed by atoms with Crippen LogP contribution in [0.1, 0.15) is 16.1 Å². The summed E-state index contributed by atoms with van der Waals surface area (Å²) in [6.07, 6.45) is 0. The summed E-state index contributed by atoms with van der Waals surface area (Å²) in [6, 6.07) is 5.91. The lowest BCUT2D eigenvalue weighted by atomic mass is 10.1. The third-order valence-electron chi connectivity index (χ3n) is 2.21. The zero-order valence-corrected chi connectivity index (χ0v) is 8.07. The summed E-state index contributed by atoms with van der Waals surface area (Å²) in [5, 5.41) is 9.18. The molecule has 15 heavy (non-hydrogen) atoms. The quantitative estimate of drug-likeness (QED) is 0.738. The van der Waals surface area contributed by atoms with Crippen LogP contribution in [0.25, 0.3) is 10.9 Å². The van der Waals surface area contributed by atoms with Crippen LogP contribution in [0, 0.1) is 6.92 Å². The first-order valence-electron chi connectivity index (χ1n) is 4.45. The Balaban J connectivity index is 2.83. The highest BCUT2D eigenvalue weighted by Crippen LogP contribution is 2.10. The summed E-state index contributed by atoms with van der Waals surface area (Å²) >= 11 is 0. The largest absolute Gasteiger partial charge is 0.478 e. The number of carboxylic acid groups (broad SMARTS) is 1. The normalized spacial score (nSPS) is 10.5. The van der Waals surface area contributed by atoms with Crippen LogP contribution in [0.2, 0.25) is 0 Å². The molecule has 0 unspecified atom stereocenters. The van der Waals surface area contributed by atoms with Crippen LogP contribution in [0.4, 0.5) is 0 Å². The molecule has 1 heterocycles. The zero-order chi connectivity index (χ0) is 11.0. The number of benzene rings is 1. The predicted molar refractivity (Wildman–Crippen MR) is 56.3 cm³/mol. The predicted octanol–water partition coefficient (Wildman–Crippen LogP) is 1.53. The highest BCUT2D eigenvalue weighted by atomic mass is 16.4. The van der Waals surface area contributed by atoms with E-state index in [9.17, 15) is 9.59 Å². The molecule has 0 amide bonds. The van der Waals surface area contributed by atoms with Gasteiger partial charge in [0.05, 0.1) is 5.56 Å². The molecule has 0 saturated heterocycles. The molecule has 2 aromatic rings. The second-order valence-corrected chi connectivity index (χ2v) is 3.38. The van der Waals surface area contributed by atoms with Crippen LogP contribution >= 0.6 is 0 Å². The topological polar surface area (TPSA) is 70.2 Å². The van der Waals surface area contributed by atoms with E-state index in [1.165, 1.54) is 18.2 Å². The number of nitrogens with one attached hydrogen (secondary N) is 1. The Kier molecular flexibility index (Phi) is 2.04. The minimum absolute atomic E-state index is 0.122. The Morgan fingerprint density at radius 2 is 2.07 bits per heavy atom. The van der Waals surface area contributed by atoms with Gasteiger partial charge in [-0.2, -0.15) is 0 Å². The molecular formula is C11H9NO3.